The van der Waals surface area contributed by atoms with Gasteiger partial charge in [0.2, 0.25) is 0 Å². The van der Waals surface area contributed by atoms with E-state index >= 15 is 0 Å². The summed E-state index contributed by atoms with van der Waals surface area (Å²) in [5, 5.41) is 7.59. The average molecular weight is 247 g/mol. The minimum atomic E-state index is -0.204. The smallest absolute Gasteiger partial charge is 0.123 e. The van der Waals surface area contributed by atoms with Crippen molar-refractivity contribution in [2.24, 2.45) is 7.05 Å². The second-order valence-electron chi connectivity index (χ2n) is 4.50. The molecule has 1 N–H and O–H groups in total. The lowest BCUT2D eigenvalue weighted by Crippen LogP contribution is -2.20. The molecule has 1 heterocycles. The van der Waals surface area contributed by atoms with Crippen LogP contribution in [0.2, 0.25) is 0 Å². The molecule has 0 aliphatic rings. The van der Waals surface area contributed by atoms with Crippen LogP contribution in [0, 0.1) is 12.7 Å². The zero-order valence-corrected chi connectivity index (χ0v) is 10.9. The maximum absolute atomic E-state index is 12.9. The fourth-order valence-electron chi connectivity index (χ4n) is 2.15. The number of nitrogens with one attached hydrogen (secondary N) is 1. The Bertz CT molecular complexity index is 516. The summed E-state index contributed by atoms with van der Waals surface area (Å²) in [6.45, 7) is 1.98. The highest BCUT2D eigenvalue weighted by Crippen LogP contribution is 2.18. The predicted octanol–water partition coefficient (Wildman–Crippen LogP) is 2.37. The molecule has 0 aliphatic carbocycles. The Labute approximate surface area is 107 Å². The lowest BCUT2D eigenvalue weighted by atomic mass is 10.0. The maximum atomic E-state index is 12.9. The number of hydrogen-bond acceptors (Lipinski definition) is 2. The van der Waals surface area contributed by atoms with Gasteiger partial charge in [0, 0.05) is 25.2 Å². The Morgan fingerprint density at radius 1 is 1.33 bits per heavy atom. The van der Waals surface area contributed by atoms with Crippen LogP contribution < -0.4 is 5.32 Å². The predicted molar refractivity (Wildman–Crippen MR) is 69.8 cm³/mol. The lowest BCUT2D eigenvalue weighted by Gasteiger charge is -2.16. The minimum absolute atomic E-state index is 0.167. The fourth-order valence-corrected chi connectivity index (χ4v) is 2.15. The van der Waals surface area contributed by atoms with E-state index in [1.165, 1.54) is 12.1 Å². The Hall–Kier alpha value is -1.68. The van der Waals surface area contributed by atoms with Gasteiger partial charge in [0.25, 0.3) is 0 Å². The van der Waals surface area contributed by atoms with Crippen LogP contribution in [0.25, 0.3) is 0 Å². The van der Waals surface area contributed by atoms with Crippen LogP contribution in [-0.2, 0) is 13.5 Å². The topological polar surface area (TPSA) is 29.9 Å². The first-order valence-corrected chi connectivity index (χ1v) is 6.02. The van der Waals surface area contributed by atoms with E-state index < -0.39 is 0 Å². The van der Waals surface area contributed by atoms with E-state index in [1.807, 2.05) is 37.8 Å². The molecule has 2 rings (SSSR count). The van der Waals surface area contributed by atoms with Crippen molar-refractivity contribution in [2.75, 3.05) is 7.05 Å². The summed E-state index contributed by atoms with van der Waals surface area (Å²) in [5.41, 5.74) is 3.26. The molecule has 1 aromatic heterocycles. The van der Waals surface area contributed by atoms with E-state index in [9.17, 15) is 4.39 Å². The summed E-state index contributed by atoms with van der Waals surface area (Å²) in [5.74, 6) is -0.204. The van der Waals surface area contributed by atoms with Gasteiger partial charge in [-0.3, -0.25) is 4.68 Å². The van der Waals surface area contributed by atoms with Gasteiger partial charge in [-0.2, -0.15) is 5.10 Å². The van der Waals surface area contributed by atoms with Crippen molar-refractivity contribution in [3.63, 3.8) is 0 Å². The molecular weight excluding hydrogens is 229 g/mol. The summed E-state index contributed by atoms with van der Waals surface area (Å²) in [4.78, 5) is 0. The highest BCUT2D eigenvalue weighted by atomic mass is 19.1. The highest BCUT2D eigenvalue weighted by Gasteiger charge is 2.13. The normalized spacial score (nSPS) is 12.7. The van der Waals surface area contributed by atoms with E-state index in [0.717, 1.165) is 23.4 Å². The molecule has 1 atom stereocenters. The molecule has 0 radical (unpaired) electrons. The van der Waals surface area contributed by atoms with Crippen molar-refractivity contribution < 1.29 is 4.39 Å². The Morgan fingerprint density at radius 2 is 2.00 bits per heavy atom. The van der Waals surface area contributed by atoms with E-state index in [2.05, 4.69) is 16.5 Å². The first-order chi connectivity index (χ1) is 8.60. The number of hydrogen-bond donors (Lipinski definition) is 1. The van der Waals surface area contributed by atoms with Gasteiger partial charge in [-0.1, -0.05) is 12.1 Å². The van der Waals surface area contributed by atoms with Crippen LogP contribution in [-0.4, -0.2) is 16.8 Å². The molecule has 0 saturated heterocycles. The number of benzene rings is 1. The summed E-state index contributed by atoms with van der Waals surface area (Å²) in [6.07, 6.45) is 0.833. The molecule has 0 saturated carbocycles. The molecule has 1 unspecified atom stereocenters. The Morgan fingerprint density at radius 3 is 2.50 bits per heavy atom. The minimum Gasteiger partial charge on any atom is -0.313 e. The quantitative estimate of drug-likeness (QED) is 0.899. The summed E-state index contributed by atoms with van der Waals surface area (Å²) >= 11 is 0. The van der Waals surface area contributed by atoms with Crippen LogP contribution in [0.5, 0.6) is 0 Å². The summed E-state index contributed by atoms with van der Waals surface area (Å²) < 4.78 is 14.8. The molecule has 0 fully saturated rings. The first kappa shape index (κ1) is 12.8. The zero-order valence-electron chi connectivity index (χ0n) is 10.9. The molecule has 0 spiro atoms. The second-order valence-corrected chi connectivity index (χ2v) is 4.50. The number of halogens is 1. The number of aromatic nitrogens is 2. The SMILES string of the molecule is CNC(Cc1cc(C)nn1C)c1ccc(F)cc1. The monoisotopic (exact) mass is 247 g/mol. The van der Waals surface area contributed by atoms with Crippen LogP contribution in [0.1, 0.15) is 23.0 Å². The third kappa shape index (κ3) is 2.76. The molecule has 2 aromatic rings. The number of aryl methyl sites for hydroxylation is 2. The Balaban J connectivity index is 2.19. The fraction of sp³-hybridized carbons (Fsp3) is 0.357. The van der Waals surface area contributed by atoms with Crippen molar-refractivity contribution in [3.05, 3.63) is 53.1 Å². The number of rotatable bonds is 4. The van der Waals surface area contributed by atoms with Gasteiger partial charge in [0.1, 0.15) is 5.82 Å². The molecule has 3 nitrogen and oxygen atoms in total. The standard InChI is InChI=1S/C14H18FN3/c1-10-8-13(18(3)17-10)9-14(16-2)11-4-6-12(15)7-5-11/h4-8,14,16H,9H2,1-3H3. The molecular formula is C14H18FN3. The molecule has 0 aliphatic heterocycles. The van der Waals surface area contributed by atoms with Gasteiger partial charge >= 0.3 is 0 Å². The average Bonchev–Trinajstić information content (AvgIpc) is 2.66. The van der Waals surface area contributed by atoms with Crippen LogP contribution in [0.15, 0.2) is 30.3 Å². The third-order valence-corrected chi connectivity index (χ3v) is 3.13. The van der Waals surface area contributed by atoms with Gasteiger partial charge in [0.15, 0.2) is 0 Å². The van der Waals surface area contributed by atoms with Gasteiger partial charge in [-0.15, -0.1) is 0 Å². The van der Waals surface area contributed by atoms with Gasteiger partial charge in [0.05, 0.1) is 5.69 Å². The van der Waals surface area contributed by atoms with E-state index in [4.69, 9.17) is 0 Å². The van der Waals surface area contributed by atoms with Gasteiger partial charge in [-0.05, 0) is 37.7 Å². The molecule has 0 bridgehead atoms. The number of likely N-dealkylation sites (N-methyl/N-ethyl adjacent to an activating group) is 1. The Kier molecular flexibility index (Phi) is 3.77. The first-order valence-electron chi connectivity index (χ1n) is 6.02. The summed E-state index contributed by atoms with van der Waals surface area (Å²) in [6, 6.07) is 8.87. The molecule has 18 heavy (non-hydrogen) atoms. The zero-order chi connectivity index (χ0) is 13.1. The third-order valence-electron chi connectivity index (χ3n) is 3.13. The van der Waals surface area contributed by atoms with Crippen molar-refractivity contribution in [1.82, 2.24) is 15.1 Å². The van der Waals surface area contributed by atoms with E-state index in [1.54, 1.807) is 0 Å². The van der Waals surface area contributed by atoms with Crippen molar-refractivity contribution in [1.29, 1.82) is 0 Å². The van der Waals surface area contributed by atoms with Crippen molar-refractivity contribution >= 4 is 0 Å². The van der Waals surface area contributed by atoms with Gasteiger partial charge in [-0.25, -0.2) is 4.39 Å². The molecule has 0 amide bonds. The van der Waals surface area contributed by atoms with E-state index in [-0.39, 0.29) is 11.9 Å². The van der Waals surface area contributed by atoms with Crippen LogP contribution in [0.3, 0.4) is 0 Å². The lowest BCUT2D eigenvalue weighted by molar-refractivity contribution is 0.558. The highest BCUT2D eigenvalue weighted by molar-refractivity contribution is 5.22. The number of nitrogens with zero attached hydrogens (tertiary/aromatic N) is 2. The van der Waals surface area contributed by atoms with Crippen molar-refractivity contribution in [3.8, 4) is 0 Å². The molecule has 1 aromatic carbocycles. The molecule has 96 valence electrons. The van der Waals surface area contributed by atoms with Crippen molar-refractivity contribution in [2.45, 2.75) is 19.4 Å². The van der Waals surface area contributed by atoms with E-state index in [0.29, 0.717) is 0 Å². The molecule has 4 heteroatoms. The second kappa shape index (κ2) is 5.31. The van der Waals surface area contributed by atoms with Crippen LogP contribution >= 0.6 is 0 Å². The maximum Gasteiger partial charge on any atom is 0.123 e. The van der Waals surface area contributed by atoms with Gasteiger partial charge < -0.3 is 5.32 Å². The summed E-state index contributed by atoms with van der Waals surface area (Å²) in [7, 11) is 3.86. The van der Waals surface area contributed by atoms with Crippen LogP contribution in [0.4, 0.5) is 4.39 Å². The largest absolute Gasteiger partial charge is 0.313 e.